The monoisotopic (exact) mass is 423 g/mol. The molecule has 2 saturated heterocycles. The molecular weight excluding hydrogens is 402 g/mol. The fourth-order valence-electron chi connectivity index (χ4n) is 5.38. The molecule has 3 aliphatic rings. The lowest BCUT2D eigenvalue weighted by molar-refractivity contribution is -0.132. The molecule has 2 aromatic rings. The van der Waals surface area contributed by atoms with Crippen LogP contribution in [0, 0.1) is 11.8 Å². The zero-order valence-electron chi connectivity index (χ0n) is 16.5. The summed E-state index contributed by atoms with van der Waals surface area (Å²) in [5, 5.41) is 3.38. The molecule has 4 atom stereocenters. The highest BCUT2D eigenvalue weighted by molar-refractivity contribution is 6.26. The van der Waals surface area contributed by atoms with Crippen LogP contribution in [0.2, 0.25) is 0 Å². The molecule has 3 amide bonds. The van der Waals surface area contributed by atoms with Crippen molar-refractivity contribution in [3.63, 3.8) is 0 Å². The van der Waals surface area contributed by atoms with E-state index in [-0.39, 0.29) is 23.8 Å². The Kier molecular flexibility index (Phi) is 4.45. The van der Waals surface area contributed by atoms with Gasteiger partial charge in [-0.3, -0.25) is 19.7 Å². The third-order valence-corrected chi connectivity index (χ3v) is 6.81. The van der Waals surface area contributed by atoms with Crippen molar-refractivity contribution in [3.8, 4) is 0 Å². The quantitative estimate of drug-likeness (QED) is 0.606. The Balaban J connectivity index is 1.64. The Labute approximate surface area is 179 Å². The van der Waals surface area contributed by atoms with Crippen LogP contribution in [0.15, 0.2) is 54.6 Å². The number of fused-ring (bicyclic) bond motifs is 4. The summed E-state index contributed by atoms with van der Waals surface area (Å²) in [5.41, 5.74) is 0.858. The third kappa shape index (κ3) is 2.38. The molecule has 0 aliphatic carbocycles. The molecule has 3 aliphatic heterocycles. The average Bonchev–Trinajstić information content (AvgIpc) is 3.30. The van der Waals surface area contributed by atoms with E-state index in [1.165, 1.54) is 4.90 Å². The summed E-state index contributed by atoms with van der Waals surface area (Å²) in [6.45, 7) is 2.35. The van der Waals surface area contributed by atoms with Crippen LogP contribution in [-0.4, -0.2) is 36.2 Å². The van der Waals surface area contributed by atoms with E-state index in [4.69, 9.17) is 11.6 Å². The normalized spacial score (nSPS) is 29.8. The number of alkyl halides is 1. The van der Waals surface area contributed by atoms with E-state index in [0.29, 0.717) is 24.5 Å². The van der Waals surface area contributed by atoms with Gasteiger partial charge in [-0.05, 0) is 31.5 Å². The van der Waals surface area contributed by atoms with Crippen molar-refractivity contribution in [3.05, 3.63) is 60.2 Å². The molecule has 154 valence electrons. The van der Waals surface area contributed by atoms with Crippen LogP contribution in [0.3, 0.4) is 0 Å². The second-order valence-corrected chi connectivity index (χ2v) is 8.49. The van der Waals surface area contributed by atoms with E-state index >= 15 is 0 Å². The van der Waals surface area contributed by atoms with E-state index in [2.05, 4.69) is 5.32 Å². The fraction of sp³-hybridized carbons (Fsp3) is 0.348. The van der Waals surface area contributed by atoms with Crippen molar-refractivity contribution in [2.45, 2.75) is 24.9 Å². The molecule has 0 unspecified atom stereocenters. The van der Waals surface area contributed by atoms with Crippen LogP contribution in [-0.2, 0) is 19.9 Å². The van der Waals surface area contributed by atoms with Crippen molar-refractivity contribution in [1.29, 1.82) is 0 Å². The number of hydrogen-bond donors (Lipinski definition) is 1. The number of para-hydroxylation sites is 2. The van der Waals surface area contributed by atoms with Gasteiger partial charge in [0.1, 0.15) is 5.54 Å². The maximum Gasteiger partial charge on any atom is 0.252 e. The van der Waals surface area contributed by atoms with E-state index in [1.54, 1.807) is 29.2 Å². The van der Waals surface area contributed by atoms with Gasteiger partial charge >= 0.3 is 0 Å². The topological polar surface area (TPSA) is 69.7 Å². The molecule has 0 saturated carbocycles. The minimum Gasteiger partial charge on any atom is -0.310 e. The van der Waals surface area contributed by atoms with E-state index in [9.17, 15) is 14.4 Å². The number of imide groups is 1. The summed E-state index contributed by atoms with van der Waals surface area (Å²) in [5.74, 6) is -1.69. The minimum absolute atomic E-state index is 0.177. The highest BCUT2D eigenvalue weighted by Crippen LogP contribution is 2.54. The molecule has 0 bridgehead atoms. The molecule has 6 nitrogen and oxygen atoms in total. The lowest BCUT2D eigenvalue weighted by atomic mass is 9.76. The molecular formula is C23H22ClN3O3. The second kappa shape index (κ2) is 6.93. The predicted octanol–water partition coefficient (Wildman–Crippen LogP) is 2.65. The highest BCUT2D eigenvalue weighted by atomic mass is 35.5. The zero-order chi connectivity index (χ0) is 21.0. The van der Waals surface area contributed by atoms with Crippen molar-refractivity contribution in [1.82, 2.24) is 5.32 Å². The third-order valence-electron chi connectivity index (χ3n) is 6.54. The number of hydrogen-bond acceptors (Lipinski definition) is 4. The first-order valence-corrected chi connectivity index (χ1v) is 10.7. The highest BCUT2D eigenvalue weighted by Gasteiger charge is 2.70. The maximum absolute atomic E-state index is 13.8. The number of anilines is 2. The smallest absolute Gasteiger partial charge is 0.252 e. The molecule has 5 rings (SSSR count). The van der Waals surface area contributed by atoms with Crippen molar-refractivity contribution in [2.75, 3.05) is 22.2 Å². The Bertz CT molecular complexity index is 1040. The van der Waals surface area contributed by atoms with Crippen LogP contribution >= 0.6 is 11.6 Å². The summed E-state index contributed by atoms with van der Waals surface area (Å²) >= 11 is 5.89. The number of halogens is 1. The number of amides is 3. The van der Waals surface area contributed by atoms with E-state index < -0.39 is 17.4 Å². The number of nitrogens with one attached hydrogen (secondary N) is 1. The summed E-state index contributed by atoms with van der Waals surface area (Å²) < 4.78 is 0. The largest absolute Gasteiger partial charge is 0.310 e. The van der Waals surface area contributed by atoms with Gasteiger partial charge < -0.3 is 4.90 Å². The van der Waals surface area contributed by atoms with Gasteiger partial charge in [-0.15, -0.1) is 11.6 Å². The van der Waals surface area contributed by atoms with Gasteiger partial charge in [0.05, 0.1) is 17.5 Å². The number of carbonyl (C=O) groups is 3. The Morgan fingerprint density at radius 2 is 1.70 bits per heavy atom. The minimum atomic E-state index is -1.23. The Morgan fingerprint density at radius 1 is 1.00 bits per heavy atom. The van der Waals surface area contributed by atoms with Crippen LogP contribution in [0.25, 0.3) is 0 Å². The van der Waals surface area contributed by atoms with Crippen molar-refractivity contribution < 1.29 is 14.4 Å². The fourth-order valence-corrected chi connectivity index (χ4v) is 5.50. The summed E-state index contributed by atoms with van der Waals surface area (Å²) in [7, 11) is 0. The first-order valence-electron chi connectivity index (χ1n) is 10.2. The van der Waals surface area contributed by atoms with E-state index in [1.807, 2.05) is 37.3 Å². The summed E-state index contributed by atoms with van der Waals surface area (Å²) in [6.07, 6.45) is 0.643. The Morgan fingerprint density at radius 3 is 2.43 bits per heavy atom. The predicted molar refractivity (Wildman–Crippen MR) is 114 cm³/mol. The van der Waals surface area contributed by atoms with Gasteiger partial charge in [0.15, 0.2) is 0 Å². The summed E-state index contributed by atoms with van der Waals surface area (Å²) in [4.78, 5) is 43.8. The molecule has 2 aromatic carbocycles. The van der Waals surface area contributed by atoms with Gasteiger partial charge in [-0.1, -0.05) is 36.4 Å². The lowest BCUT2D eigenvalue weighted by Gasteiger charge is -2.30. The maximum atomic E-state index is 13.8. The molecule has 0 radical (unpaired) electrons. The summed E-state index contributed by atoms with van der Waals surface area (Å²) in [6, 6.07) is 16.2. The molecule has 7 heteroatoms. The van der Waals surface area contributed by atoms with Crippen LogP contribution < -0.4 is 15.1 Å². The molecule has 0 aromatic heterocycles. The molecule has 3 heterocycles. The van der Waals surface area contributed by atoms with Crippen LogP contribution in [0.1, 0.15) is 18.9 Å². The van der Waals surface area contributed by atoms with Crippen molar-refractivity contribution in [2.24, 2.45) is 11.8 Å². The number of benzene rings is 2. The lowest BCUT2D eigenvalue weighted by Crippen LogP contribution is -2.55. The Hall–Kier alpha value is -2.70. The second-order valence-electron chi connectivity index (χ2n) is 8.11. The van der Waals surface area contributed by atoms with Gasteiger partial charge in [0.25, 0.3) is 5.91 Å². The van der Waals surface area contributed by atoms with E-state index in [0.717, 1.165) is 11.3 Å². The number of carbonyl (C=O) groups excluding carboxylic acids is 3. The van der Waals surface area contributed by atoms with Crippen LogP contribution in [0.4, 0.5) is 11.4 Å². The molecule has 1 N–H and O–H groups in total. The number of rotatable bonds is 4. The average molecular weight is 424 g/mol. The van der Waals surface area contributed by atoms with Gasteiger partial charge in [0, 0.05) is 29.7 Å². The van der Waals surface area contributed by atoms with Gasteiger partial charge in [-0.2, -0.15) is 0 Å². The standard InChI is InChI=1S/C23H22ClN3O3/c1-14-18-19(21(29)27(20(18)28)15-8-3-2-4-9-15)23(25-14)16-10-5-6-11-17(16)26(22(23)30)13-7-12-24/h2-6,8-11,14,18-19,25H,7,12-13H2,1H3/t14-,18+,19-,23-/m0/s1. The molecule has 1 spiro atoms. The molecule has 2 fully saturated rings. The van der Waals surface area contributed by atoms with Crippen LogP contribution in [0.5, 0.6) is 0 Å². The van der Waals surface area contributed by atoms with Gasteiger partial charge in [0.2, 0.25) is 11.8 Å². The molecule has 30 heavy (non-hydrogen) atoms. The SMILES string of the molecule is C[C@@H]1N[C@]2(C(=O)N(CCCCl)c3ccccc32)[C@@H]2C(=O)N(c3ccccc3)C(=O)[C@H]12. The number of nitrogens with zero attached hydrogens (tertiary/aromatic N) is 2. The zero-order valence-corrected chi connectivity index (χ0v) is 17.3. The van der Waals surface area contributed by atoms with Crippen molar-refractivity contribution >= 4 is 40.7 Å². The first kappa shape index (κ1) is 19.3. The van der Waals surface area contributed by atoms with Gasteiger partial charge in [-0.25, -0.2) is 4.90 Å². The first-order chi connectivity index (χ1) is 14.5.